The van der Waals surface area contributed by atoms with Gasteiger partial charge in [0.1, 0.15) is 0 Å². The van der Waals surface area contributed by atoms with Crippen molar-refractivity contribution >= 4 is 28.3 Å². The van der Waals surface area contributed by atoms with Gasteiger partial charge >= 0.3 is 0 Å². The van der Waals surface area contributed by atoms with Crippen LogP contribution in [0.15, 0.2) is 22.7 Å². The van der Waals surface area contributed by atoms with Crippen LogP contribution in [0.3, 0.4) is 0 Å². The fourth-order valence-electron chi connectivity index (χ4n) is 3.49. The molecule has 0 bridgehead atoms. The Kier molecular flexibility index (Phi) is 6.46. The zero-order chi connectivity index (χ0) is 20.3. The Labute approximate surface area is 169 Å². The van der Waals surface area contributed by atoms with Crippen LogP contribution in [0.5, 0.6) is 0 Å². The second-order valence-electron chi connectivity index (χ2n) is 6.88. The quantitative estimate of drug-likeness (QED) is 0.540. The second kappa shape index (κ2) is 8.84. The highest BCUT2D eigenvalue weighted by Gasteiger charge is 2.27. The predicted octanol–water partition coefficient (Wildman–Crippen LogP) is 4.85. The molecule has 0 aliphatic rings. The molecule has 0 aromatic carbocycles. The number of pyridine rings is 1. The highest BCUT2D eigenvalue weighted by atomic mass is 32.1. The number of aromatic nitrogens is 2. The maximum Gasteiger partial charge on any atom is 0.259 e. The minimum Gasteiger partial charge on any atom is -0.383 e. The zero-order valence-electron chi connectivity index (χ0n) is 17.1. The molecule has 3 rings (SSSR count). The first-order valence-corrected chi connectivity index (χ1v) is 10.5. The monoisotopic (exact) mass is 401 g/mol. The molecule has 0 aliphatic heterocycles. The number of rotatable bonds is 8. The van der Waals surface area contributed by atoms with Crippen molar-refractivity contribution in [3.05, 3.63) is 34.3 Å². The number of fused-ring (bicyclic) bond motifs is 1. The number of hydrogen-bond acceptors (Lipinski definition) is 6. The van der Waals surface area contributed by atoms with Gasteiger partial charge in [-0.15, -0.1) is 11.3 Å². The van der Waals surface area contributed by atoms with E-state index in [4.69, 9.17) is 9.26 Å². The fourth-order valence-corrected chi connectivity index (χ4v) is 4.31. The topological polar surface area (TPSA) is 68.5 Å². The Bertz CT molecular complexity index is 959. The number of ether oxygens (including phenoxy) is 1. The summed E-state index contributed by atoms with van der Waals surface area (Å²) in [7, 11) is 1.65. The van der Waals surface area contributed by atoms with Crippen molar-refractivity contribution in [3.63, 3.8) is 0 Å². The van der Waals surface area contributed by atoms with E-state index in [2.05, 4.69) is 30.9 Å². The molecule has 0 unspecified atom stereocenters. The average Bonchev–Trinajstić information content (AvgIpc) is 3.30. The van der Waals surface area contributed by atoms with Gasteiger partial charge in [0.2, 0.25) is 0 Å². The Morgan fingerprint density at radius 3 is 2.64 bits per heavy atom. The van der Waals surface area contributed by atoms with Crippen molar-refractivity contribution in [1.29, 1.82) is 0 Å². The Hall–Kier alpha value is -2.25. The zero-order valence-corrected chi connectivity index (χ0v) is 17.9. The molecule has 150 valence electrons. The van der Waals surface area contributed by atoms with Crippen LogP contribution in [0, 0.1) is 13.8 Å². The summed E-state index contributed by atoms with van der Waals surface area (Å²) in [4.78, 5) is 22.4. The van der Waals surface area contributed by atoms with E-state index in [-0.39, 0.29) is 11.9 Å². The lowest BCUT2D eigenvalue weighted by Crippen LogP contribution is -2.42. The molecule has 0 N–H and O–H groups in total. The summed E-state index contributed by atoms with van der Waals surface area (Å²) < 4.78 is 10.7. The van der Waals surface area contributed by atoms with E-state index in [0.29, 0.717) is 35.5 Å². The van der Waals surface area contributed by atoms with Crippen molar-refractivity contribution in [3.8, 4) is 10.6 Å². The SMILES string of the molecule is CCC(CC)N(CCOC)C(=O)c1cc(-c2ccc(C)s2)nc2onc(C)c12. The molecule has 0 aliphatic carbocycles. The van der Waals surface area contributed by atoms with Gasteiger partial charge in [-0.2, -0.15) is 0 Å². The third-order valence-corrected chi connectivity index (χ3v) is 6.04. The number of hydrogen-bond donors (Lipinski definition) is 0. The number of methoxy groups -OCH3 is 1. The minimum absolute atomic E-state index is 0.0287. The molecule has 6 nitrogen and oxygen atoms in total. The average molecular weight is 402 g/mol. The lowest BCUT2D eigenvalue weighted by atomic mass is 10.0. The van der Waals surface area contributed by atoms with Gasteiger partial charge in [0.05, 0.1) is 33.8 Å². The highest BCUT2D eigenvalue weighted by Crippen LogP contribution is 2.32. The number of amides is 1. The van der Waals surface area contributed by atoms with E-state index in [1.807, 2.05) is 30.0 Å². The third kappa shape index (κ3) is 3.95. The predicted molar refractivity (Wildman–Crippen MR) is 112 cm³/mol. The summed E-state index contributed by atoms with van der Waals surface area (Å²) in [6, 6.07) is 6.10. The number of carbonyl (C=O) groups excluding carboxylic acids is 1. The molecule has 0 radical (unpaired) electrons. The van der Waals surface area contributed by atoms with Gasteiger partial charge in [0.25, 0.3) is 11.6 Å². The second-order valence-corrected chi connectivity index (χ2v) is 8.16. The summed E-state index contributed by atoms with van der Waals surface area (Å²) in [5, 5.41) is 4.75. The first-order valence-electron chi connectivity index (χ1n) is 9.63. The lowest BCUT2D eigenvalue weighted by molar-refractivity contribution is 0.0591. The molecule has 0 saturated heterocycles. The Morgan fingerprint density at radius 2 is 2.04 bits per heavy atom. The van der Waals surface area contributed by atoms with E-state index in [1.165, 1.54) is 4.88 Å². The maximum atomic E-state index is 13.6. The molecule has 3 aromatic heterocycles. The van der Waals surface area contributed by atoms with Crippen molar-refractivity contribution < 1.29 is 14.1 Å². The molecular formula is C21H27N3O3S. The summed E-state index contributed by atoms with van der Waals surface area (Å²) in [5.74, 6) is -0.0287. The van der Waals surface area contributed by atoms with Crippen LogP contribution in [0.4, 0.5) is 0 Å². The van der Waals surface area contributed by atoms with Gasteiger partial charge in [0.15, 0.2) is 0 Å². The lowest BCUT2D eigenvalue weighted by Gasteiger charge is -2.30. The largest absolute Gasteiger partial charge is 0.383 e. The van der Waals surface area contributed by atoms with Crippen LogP contribution < -0.4 is 0 Å². The smallest absolute Gasteiger partial charge is 0.259 e. The summed E-state index contributed by atoms with van der Waals surface area (Å²) in [6.07, 6.45) is 1.78. The van der Waals surface area contributed by atoms with E-state index in [9.17, 15) is 4.79 Å². The van der Waals surface area contributed by atoms with Gasteiger partial charge in [-0.1, -0.05) is 19.0 Å². The van der Waals surface area contributed by atoms with E-state index in [1.54, 1.807) is 18.4 Å². The van der Waals surface area contributed by atoms with Gasteiger partial charge < -0.3 is 14.2 Å². The van der Waals surface area contributed by atoms with E-state index in [0.717, 1.165) is 23.4 Å². The Balaban J connectivity index is 2.13. The van der Waals surface area contributed by atoms with E-state index < -0.39 is 0 Å². The number of aryl methyl sites for hydroxylation is 2. The highest BCUT2D eigenvalue weighted by molar-refractivity contribution is 7.15. The number of carbonyl (C=O) groups is 1. The maximum absolute atomic E-state index is 13.6. The molecule has 28 heavy (non-hydrogen) atoms. The minimum atomic E-state index is -0.0287. The summed E-state index contributed by atoms with van der Waals surface area (Å²) in [5.41, 5.74) is 2.41. The van der Waals surface area contributed by atoms with Crippen molar-refractivity contribution in [2.45, 2.75) is 46.6 Å². The van der Waals surface area contributed by atoms with Gasteiger partial charge in [-0.25, -0.2) is 4.98 Å². The summed E-state index contributed by atoms with van der Waals surface area (Å²) >= 11 is 1.64. The number of nitrogens with zero attached hydrogens (tertiary/aromatic N) is 3. The van der Waals surface area contributed by atoms with Crippen molar-refractivity contribution in [2.24, 2.45) is 0 Å². The molecule has 7 heteroatoms. The van der Waals surface area contributed by atoms with Crippen LogP contribution in [0.2, 0.25) is 0 Å². The molecule has 3 aromatic rings. The fraction of sp³-hybridized carbons (Fsp3) is 0.476. The standard InChI is InChI=1S/C21H27N3O3S/c1-6-15(7-2)24(10-11-26-5)21(25)16-12-17(18-9-8-13(3)28-18)22-20-19(16)14(4)23-27-20/h8-9,12,15H,6-7,10-11H2,1-5H3. The first kappa shape index (κ1) is 20.5. The van der Waals surface area contributed by atoms with Crippen LogP contribution in [0.25, 0.3) is 21.7 Å². The van der Waals surface area contributed by atoms with E-state index >= 15 is 0 Å². The Morgan fingerprint density at radius 1 is 1.29 bits per heavy atom. The third-order valence-electron chi connectivity index (χ3n) is 5.02. The molecule has 0 spiro atoms. The molecule has 0 saturated carbocycles. The van der Waals surface area contributed by atoms with Gasteiger partial charge in [-0.05, 0) is 44.9 Å². The van der Waals surface area contributed by atoms with Crippen LogP contribution in [0.1, 0.15) is 47.6 Å². The molecule has 0 fully saturated rings. The molecule has 1 amide bonds. The molecule has 0 atom stereocenters. The normalized spacial score (nSPS) is 11.5. The van der Waals surface area contributed by atoms with Gasteiger partial charge in [-0.3, -0.25) is 4.79 Å². The van der Waals surface area contributed by atoms with Crippen molar-refractivity contribution in [2.75, 3.05) is 20.3 Å². The number of thiophene rings is 1. The van der Waals surface area contributed by atoms with Crippen LogP contribution >= 0.6 is 11.3 Å². The van der Waals surface area contributed by atoms with Crippen LogP contribution in [-0.4, -0.2) is 47.3 Å². The molecule has 3 heterocycles. The molecular weight excluding hydrogens is 374 g/mol. The van der Waals surface area contributed by atoms with Gasteiger partial charge in [0, 0.05) is 24.6 Å². The first-order chi connectivity index (χ1) is 13.5. The van der Waals surface area contributed by atoms with Crippen molar-refractivity contribution in [1.82, 2.24) is 15.0 Å². The summed E-state index contributed by atoms with van der Waals surface area (Å²) in [6.45, 7) is 9.15. The van der Waals surface area contributed by atoms with Crippen LogP contribution in [-0.2, 0) is 4.74 Å².